The fraction of sp³-hybridized carbons (Fsp3) is 0.286. The van der Waals surface area contributed by atoms with Crippen molar-refractivity contribution in [2.45, 2.75) is 45.7 Å². The van der Waals surface area contributed by atoms with E-state index in [1.807, 2.05) is 68.4 Å². The highest BCUT2D eigenvalue weighted by Gasteiger charge is 2.30. The molecule has 0 bridgehead atoms. The van der Waals surface area contributed by atoms with Gasteiger partial charge in [-0.25, -0.2) is 4.39 Å². The first-order valence-corrected chi connectivity index (χ1v) is 11.4. The van der Waals surface area contributed by atoms with Gasteiger partial charge in [-0.1, -0.05) is 85.3 Å². The molecule has 1 atom stereocenters. The second-order valence-corrected chi connectivity index (χ2v) is 8.27. The molecule has 0 aliphatic rings. The minimum Gasteiger partial charge on any atom is -0.354 e. The van der Waals surface area contributed by atoms with Crippen LogP contribution in [0.15, 0.2) is 78.9 Å². The molecular weight excluding hydrogens is 415 g/mol. The summed E-state index contributed by atoms with van der Waals surface area (Å²) in [6.07, 6.45) is 1.28. The molecule has 1 N–H and O–H groups in total. The van der Waals surface area contributed by atoms with E-state index in [1.54, 1.807) is 18.2 Å². The Hall–Kier alpha value is -3.47. The van der Waals surface area contributed by atoms with E-state index in [1.165, 1.54) is 11.0 Å². The molecule has 5 heteroatoms. The molecular formula is C28H31FN2O2. The van der Waals surface area contributed by atoms with Crippen LogP contribution in [0.4, 0.5) is 4.39 Å². The van der Waals surface area contributed by atoms with Gasteiger partial charge in [-0.2, -0.15) is 0 Å². The largest absolute Gasteiger partial charge is 0.354 e. The van der Waals surface area contributed by atoms with E-state index in [4.69, 9.17) is 0 Å². The molecule has 0 aliphatic carbocycles. The van der Waals surface area contributed by atoms with Crippen molar-refractivity contribution >= 4 is 11.8 Å². The monoisotopic (exact) mass is 446 g/mol. The fourth-order valence-electron chi connectivity index (χ4n) is 3.71. The zero-order valence-corrected chi connectivity index (χ0v) is 19.3. The molecule has 4 nitrogen and oxygen atoms in total. The number of nitrogens with zero attached hydrogens (tertiary/aromatic N) is 1. The second kappa shape index (κ2) is 12.0. The summed E-state index contributed by atoms with van der Waals surface area (Å²) in [5.41, 5.74) is 3.29. The van der Waals surface area contributed by atoms with Crippen LogP contribution in [0.2, 0.25) is 0 Å². The summed E-state index contributed by atoms with van der Waals surface area (Å²) < 4.78 is 14.5. The number of carbonyl (C=O) groups is 2. The zero-order valence-electron chi connectivity index (χ0n) is 19.3. The van der Waals surface area contributed by atoms with Gasteiger partial charge in [0.05, 0.1) is 6.42 Å². The molecule has 0 radical (unpaired) electrons. The van der Waals surface area contributed by atoms with Crippen molar-refractivity contribution in [3.05, 3.63) is 107 Å². The first kappa shape index (κ1) is 24.2. The average Bonchev–Trinajstić information content (AvgIpc) is 2.83. The van der Waals surface area contributed by atoms with E-state index in [0.717, 1.165) is 23.1 Å². The second-order valence-electron chi connectivity index (χ2n) is 8.27. The molecule has 2 amide bonds. The summed E-state index contributed by atoms with van der Waals surface area (Å²) in [6.45, 7) is 4.51. The Bertz CT molecular complexity index is 1050. The molecule has 0 saturated carbocycles. The van der Waals surface area contributed by atoms with Crippen molar-refractivity contribution in [2.24, 2.45) is 0 Å². The number of carbonyl (C=O) groups excluding carboxylic acids is 2. The molecule has 0 fully saturated rings. The van der Waals surface area contributed by atoms with Crippen LogP contribution in [0.5, 0.6) is 0 Å². The molecule has 3 aromatic carbocycles. The van der Waals surface area contributed by atoms with Gasteiger partial charge in [-0.15, -0.1) is 0 Å². The first-order valence-electron chi connectivity index (χ1n) is 11.4. The summed E-state index contributed by atoms with van der Waals surface area (Å²) in [5.74, 6) is -0.831. The van der Waals surface area contributed by atoms with Gasteiger partial charge in [-0.3, -0.25) is 9.59 Å². The lowest BCUT2D eigenvalue weighted by atomic mass is 10.0. The van der Waals surface area contributed by atoms with Crippen LogP contribution in [-0.4, -0.2) is 29.3 Å². The van der Waals surface area contributed by atoms with E-state index in [0.29, 0.717) is 18.5 Å². The summed E-state index contributed by atoms with van der Waals surface area (Å²) >= 11 is 0. The summed E-state index contributed by atoms with van der Waals surface area (Å²) in [6, 6.07) is 23.0. The average molecular weight is 447 g/mol. The zero-order chi connectivity index (χ0) is 23.6. The number of amides is 2. The maximum Gasteiger partial charge on any atom is 0.243 e. The van der Waals surface area contributed by atoms with Crippen LogP contribution in [0.25, 0.3) is 0 Å². The van der Waals surface area contributed by atoms with Crippen LogP contribution in [-0.2, 0) is 29.0 Å². The Morgan fingerprint density at radius 3 is 2.24 bits per heavy atom. The third-order valence-corrected chi connectivity index (χ3v) is 5.59. The number of rotatable bonds is 10. The maximum absolute atomic E-state index is 14.5. The van der Waals surface area contributed by atoms with Crippen molar-refractivity contribution in [2.75, 3.05) is 6.54 Å². The normalized spacial score (nSPS) is 11.6. The SMILES string of the molecule is CCCNC(=O)[C@H](Cc1ccccc1)N(Cc1ccccc1F)C(=O)Cc1ccc(C)cc1. The number of aryl methyl sites for hydroxylation is 1. The highest BCUT2D eigenvalue weighted by atomic mass is 19.1. The van der Waals surface area contributed by atoms with Crippen molar-refractivity contribution in [1.29, 1.82) is 0 Å². The van der Waals surface area contributed by atoms with Crippen molar-refractivity contribution in [3.63, 3.8) is 0 Å². The van der Waals surface area contributed by atoms with Gasteiger partial charge in [-0.05, 0) is 30.5 Å². The Balaban J connectivity index is 1.95. The highest BCUT2D eigenvalue weighted by Crippen LogP contribution is 2.18. The number of hydrogen-bond acceptors (Lipinski definition) is 2. The molecule has 172 valence electrons. The molecule has 0 saturated heterocycles. The molecule has 0 aromatic heterocycles. The van der Waals surface area contributed by atoms with Gasteiger partial charge >= 0.3 is 0 Å². The molecule has 33 heavy (non-hydrogen) atoms. The van der Waals surface area contributed by atoms with Gasteiger partial charge in [0.15, 0.2) is 0 Å². The van der Waals surface area contributed by atoms with Gasteiger partial charge in [0.2, 0.25) is 11.8 Å². The van der Waals surface area contributed by atoms with Gasteiger partial charge < -0.3 is 10.2 Å². The van der Waals surface area contributed by atoms with Crippen LogP contribution < -0.4 is 5.32 Å². The fourth-order valence-corrected chi connectivity index (χ4v) is 3.71. The Labute approximate surface area is 195 Å². The van der Waals surface area contributed by atoms with Crippen LogP contribution in [0, 0.1) is 12.7 Å². The molecule has 0 unspecified atom stereocenters. The molecule has 0 aliphatic heterocycles. The number of benzene rings is 3. The Morgan fingerprint density at radius 2 is 1.58 bits per heavy atom. The smallest absolute Gasteiger partial charge is 0.243 e. The van der Waals surface area contributed by atoms with Gasteiger partial charge in [0.1, 0.15) is 11.9 Å². The van der Waals surface area contributed by atoms with Crippen molar-refractivity contribution in [3.8, 4) is 0 Å². The minimum absolute atomic E-state index is 0.0222. The van der Waals surface area contributed by atoms with E-state index < -0.39 is 11.9 Å². The van der Waals surface area contributed by atoms with Crippen LogP contribution >= 0.6 is 0 Å². The van der Waals surface area contributed by atoms with Crippen molar-refractivity contribution in [1.82, 2.24) is 10.2 Å². The van der Waals surface area contributed by atoms with Crippen molar-refractivity contribution < 1.29 is 14.0 Å². The lowest BCUT2D eigenvalue weighted by Gasteiger charge is -2.32. The molecule has 3 rings (SSSR count). The lowest BCUT2D eigenvalue weighted by Crippen LogP contribution is -2.51. The predicted octanol–water partition coefficient (Wildman–Crippen LogP) is 4.84. The quantitative estimate of drug-likeness (QED) is 0.484. The maximum atomic E-state index is 14.5. The number of nitrogens with one attached hydrogen (secondary N) is 1. The standard InChI is InChI=1S/C28H31FN2O2/c1-3-17-30-28(33)26(18-22-9-5-4-6-10-22)31(20-24-11-7-8-12-25(24)29)27(32)19-23-15-13-21(2)14-16-23/h4-16,26H,3,17-20H2,1-2H3,(H,30,33)/t26-/m0/s1. The summed E-state index contributed by atoms with van der Waals surface area (Å²) in [4.78, 5) is 28.3. The third kappa shape index (κ3) is 7.01. The molecule has 0 spiro atoms. The molecule has 0 heterocycles. The van der Waals surface area contributed by atoms with E-state index in [9.17, 15) is 14.0 Å². The first-order chi connectivity index (χ1) is 16.0. The third-order valence-electron chi connectivity index (χ3n) is 5.59. The predicted molar refractivity (Wildman–Crippen MR) is 129 cm³/mol. The van der Waals surface area contributed by atoms with E-state index in [2.05, 4.69) is 5.32 Å². The topological polar surface area (TPSA) is 49.4 Å². The molecule has 3 aromatic rings. The van der Waals surface area contributed by atoms with Gasteiger partial charge in [0, 0.05) is 25.1 Å². The number of halogens is 1. The lowest BCUT2D eigenvalue weighted by molar-refractivity contribution is -0.140. The minimum atomic E-state index is -0.753. The van der Waals surface area contributed by atoms with Crippen LogP contribution in [0.3, 0.4) is 0 Å². The highest BCUT2D eigenvalue weighted by molar-refractivity contribution is 5.88. The van der Waals surface area contributed by atoms with Crippen LogP contribution in [0.1, 0.15) is 35.6 Å². The van der Waals surface area contributed by atoms with E-state index in [-0.39, 0.29) is 24.8 Å². The number of hydrogen-bond donors (Lipinski definition) is 1. The Morgan fingerprint density at radius 1 is 0.909 bits per heavy atom. The summed E-state index contributed by atoms with van der Waals surface area (Å²) in [7, 11) is 0. The van der Waals surface area contributed by atoms with E-state index >= 15 is 0 Å². The van der Waals surface area contributed by atoms with Gasteiger partial charge in [0.25, 0.3) is 0 Å². The Kier molecular flexibility index (Phi) is 8.76. The summed E-state index contributed by atoms with van der Waals surface area (Å²) in [5, 5.41) is 2.93.